The Kier molecular flexibility index (Phi) is 3.23. The van der Waals surface area contributed by atoms with Crippen LogP contribution in [0.5, 0.6) is 0 Å². The van der Waals surface area contributed by atoms with E-state index in [9.17, 15) is 9.59 Å². The highest BCUT2D eigenvalue weighted by Gasteiger charge is 2.14. The van der Waals surface area contributed by atoms with Crippen molar-refractivity contribution in [3.63, 3.8) is 0 Å². The quantitative estimate of drug-likeness (QED) is 0.733. The largest absolute Gasteiger partial charge is 0.452 e. The summed E-state index contributed by atoms with van der Waals surface area (Å²) in [5, 5.41) is 7.98. The summed E-state index contributed by atoms with van der Waals surface area (Å²) in [4.78, 5) is 26.4. The fraction of sp³-hybridized carbons (Fsp3) is 0.143. The number of hydrogen-bond donors (Lipinski definition) is 1. The van der Waals surface area contributed by atoms with Crippen LogP contribution in [-0.2, 0) is 11.3 Å². The number of pyridine rings is 1. The molecule has 0 saturated carbocycles. The van der Waals surface area contributed by atoms with Gasteiger partial charge < -0.3 is 14.1 Å². The van der Waals surface area contributed by atoms with Gasteiger partial charge in [-0.3, -0.25) is 4.79 Å². The third kappa shape index (κ3) is 2.66. The molecular weight excluding hydrogens is 274 g/mol. The Balaban J connectivity index is 1.89. The summed E-state index contributed by atoms with van der Waals surface area (Å²) in [5.41, 5.74) is 0.408. The van der Waals surface area contributed by atoms with Gasteiger partial charge in [-0.15, -0.1) is 10.2 Å². The number of aromatic nitrogens is 3. The molecule has 0 amide bonds. The van der Waals surface area contributed by atoms with Gasteiger partial charge in [0.25, 0.3) is 5.89 Å². The van der Waals surface area contributed by atoms with Gasteiger partial charge in [0.15, 0.2) is 6.61 Å². The minimum atomic E-state index is -0.617. The highest BCUT2D eigenvalue weighted by molar-refractivity contribution is 6.03. The number of carbonyl (C=O) groups excluding carboxylic acids is 1. The van der Waals surface area contributed by atoms with Gasteiger partial charge in [-0.1, -0.05) is 18.2 Å². The van der Waals surface area contributed by atoms with E-state index in [2.05, 4.69) is 15.2 Å². The van der Waals surface area contributed by atoms with Crippen molar-refractivity contribution in [2.75, 3.05) is 0 Å². The molecule has 3 aromatic rings. The normalized spacial score (nSPS) is 10.7. The fourth-order valence-electron chi connectivity index (χ4n) is 1.97. The van der Waals surface area contributed by atoms with Gasteiger partial charge in [0.1, 0.15) is 0 Å². The van der Waals surface area contributed by atoms with Gasteiger partial charge in [-0.25, -0.2) is 4.79 Å². The zero-order valence-corrected chi connectivity index (χ0v) is 11.1. The maximum Gasteiger partial charge on any atom is 0.339 e. The topological polar surface area (TPSA) is 98.1 Å². The van der Waals surface area contributed by atoms with E-state index in [4.69, 9.17) is 9.15 Å². The number of nitrogens with zero attached hydrogens (tertiary/aromatic N) is 2. The highest BCUT2D eigenvalue weighted by Crippen LogP contribution is 2.16. The van der Waals surface area contributed by atoms with E-state index in [1.165, 1.54) is 6.07 Å². The average molecular weight is 285 g/mol. The Morgan fingerprint density at radius 1 is 1.33 bits per heavy atom. The van der Waals surface area contributed by atoms with Gasteiger partial charge in [-0.05, 0) is 6.07 Å². The third-order valence-electron chi connectivity index (χ3n) is 2.87. The molecule has 1 N–H and O–H groups in total. The van der Waals surface area contributed by atoms with Crippen molar-refractivity contribution < 1.29 is 13.9 Å². The first-order valence-electron chi connectivity index (χ1n) is 6.21. The van der Waals surface area contributed by atoms with Crippen molar-refractivity contribution in [2.24, 2.45) is 0 Å². The number of ether oxygens (including phenoxy) is 1. The first-order valence-corrected chi connectivity index (χ1v) is 6.21. The van der Waals surface area contributed by atoms with Crippen LogP contribution in [0.2, 0.25) is 0 Å². The van der Waals surface area contributed by atoms with Crippen molar-refractivity contribution in [2.45, 2.75) is 13.5 Å². The number of H-pyrrole nitrogens is 1. The maximum absolute atomic E-state index is 12.1. The number of hydrogen-bond acceptors (Lipinski definition) is 6. The van der Waals surface area contributed by atoms with Crippen molar-refractivity contribution in [1.82, 2.24) is 15.2 Å². The second-order valence-corrected chi connectivity index (χ2v) is 4.38. The van der Waals surface area contributed by atoms with E-state index in [1.54, 1.807) is 31.2 Å². The van der Waals surface area contributed by atoms with Crippen molar-refractivity contribution >= 4 is 16.9 Å². The molecule has 0 saturated heterocycles. The van der Waals surface area contributed by atoms with Crippen molar-refractivity contribution in [3.8, 4) is 0 Å². The van der Waals surface area contributed by atoms with E-state index in [-0.39, 0.29) is 23.6 Å². The summed E-state index contributed by atoms with van der Waals surface area (Å²) in [6.07, 6.45) is 0. The SMILES string of the molecule is Cc1nnc(COC(=O)c2cc(=O)[nH]c3ccccc23)o1. The number of nitrogens with one attached hydrogen (secondary N) is 1. The molecule has 0 aliphatic rings. The monoisotopic (exact) mass is 285 g/mol. The van der Waals surface area contributed by atoms with Crippen LogP contribution in [0.15, 0.2) is 39.5 Å². The molecule has 0 atom stereocenters. The molecule has 0 radical (unpaired) electrons. The predicted molar refractivity (Wildman–Crippen MR) is 72.7 cm³/mol. The number of aromatic amines is 1. The molecule has 0 unspecified atom stereocenters. The Morgan fingerprint density at radius 2 is 2.14 bits per heavy atom. The van der Waals surface area contributed by atoms with Gasteiger partial charge in [0.2, 0.25) is 11.4 Å². The summed E-state index contributed by atoms with van der Waals surface area (Å²) in [5.74, 6) is -0.0224. The summed E-state index contributed by atoms with van der Waals surface area (Å²) < 4.78 is 10.2. The minimum Gasteiger partial charge on any atom is -0.452 e. The molecule has 7 nitrogen and oxygen atoms in total. The van der Waals surface area contributed by atoms with E-state index in [1.807, 2.05) is 0 Å². The lowest BCUT2D eigenvalue weighted by molar-refractivity contribution is 0.0439. The first kappa shape index (κ1) is 13.0. The number of rotatable bonds is 3. The third-order valence-corrected chi connectivity index (χ3v) is 2.87. The minimum absolute atomic E-state index is 0.138. The molecular formula is C14H11N3O4. The van der Waals surface area contributed by atoms with Gasteiger partial charge in [-0.2, -0.15) is 0 Å². The van der Waals surface area contributed by atoms with Crippen LogP contribution in [0.4, 0.5) is 0 Å². The second-order valence-electron chi connectivity index (χ2n) is 4.38. The Bertz CT molecular complexity index is 866. The molecule has 2 heterocycles. The van der Waals surface area contributed by atoms with Crippen LogP contribution >= 0.6 is 0 Å². The molecule has 0 bridgehead atoms. The molecule has 0 aliphatic heterocycles. The van der Waals surface area contributed by atoms with Crippen LogP contribution in [0.3, 0.4) is 0 Å². The highest BCUT2D eigenvalue weighted by atomic mass is 16.5. The van der Waals surface area contributed by atoms with E-state index in [0.29, 0.717) is 16.8 Å². The smallest absolute Gasteiger partial charge is 0.339 e. The number of esters is 1. The maximum atomic E-state index is 12.1. The van der Waals surface area contributed by atoms with E-state index in [0.717, 1.165) is 0 Å². The van der Waals surface area contributed by atoms with Crippen LogP contribution in [-0.4, -0.2) is 21.2 Å². The van der Waals surface area contributed by atoms with Crippen LogP contribution in [0.25, 0.3) is 10.9 Å². The molecule has 106 valence electrons. The number of aryl methyl sites for hydroxylation is 1. The van der Waals surface area contributed by atoms with E-state index >= 15 is 0 Å². The molecule has 21 heavy (non-hydrogen) atoms. The molecule has 0 aliphatic carbocycles. The summed E-state index contributed by atoms with van der Waals surface area (Å²) in [6.45, 7) is 1.50. The molecule has 3 rings (SSSR count). The zero-order chi connectivity index (χ0) is 14.8. The Morgan fingerprint density at radius 3 is 2.90 bits per heavy atom. The first-order chi connectivity index (χ1) is 10.1. The van der Waals surface area contributed by atoms with Crippen LogP contribution < -0.4 is 5.56 Å². The van der Waals surface area contributed by atoms with Crippen LogP contribution in [0.1, 0.15) is 22.1 Å². The summed E-state index contributed by atoms with van der Waals surface area (Å²) in [6, 6.07) is 8.21. The number of carbonyl (C=O) groups is 1. The van der Waals surface area contributed by atoms with Crippen LogP contribution in [0, 0.1) is 6.92 Å². The molecule has 7 heteroatoms. The number of para-hydroxylation sites is 1. The standard InChI is InChI=1S/C14H11N3O4/c1-8-16-17-13(21-8)7-20-14(19)10-6-12(18)15-11-5-3-2-4-9(10)11/h2-6H,7H2,1H3,(H,15,18). The lowest BCUT2D eigenvalue weighted by Crippen LogP contribution is -2.13. The zero-order valence-electron chi connectivity index (χ0n) is 11.1. The lowest BCUT2D eigenvalue weighted by Gasteiger charge is -2.05. The summed E-state index contributed by atoms with van der Waals surface area (Å²) >= 11 is 0. The van der Waals surface area contributed by atoms with Gasteiger partial charge in [0.05, 0.1) is 5.56 Å². The molecule has 0 fully saturated rings. The molecule has 2 aromatic heterocycles. The van der Waals surface area contributed by atoms with E-state index < -0.39 is 5.97 Å². The van der Waals surface area contributed by atoms with Crippen molar-refractivity contribution in [3.05, 3.63) is 58.0 Å². The summed E-state index contributed by atoms with van der Waals surface area (Å²) in [7, 11) is 0. The second kappa shape index (κ2) is 5.20. The van der Waals surface area contributed by atoms with Gasteiger partial charge >= 0.3 is 5.97 Å². The van der Waals surface area contributed by atoms with Crippen molar-refractivity contribution in [1.29, 1.82) is 0 Å². The Hall–Kier alpha value is -2.96. The fourth-order valence-corrected chi connectivity index (χ4v) is 1.97. The Labute approximate surface area is 118 Å². The lowest BCUT2D eigenvalue weighted by atomic mass is 10.1. The molecule has 0 spiro atoms. The predicted octanol–water partition coefficient (Wildman–Crippen LogP) is 1.58. The number of benzene rings is 1. The molecule has 1 aromatic carbocycles. The average Bonchev–Trinajstić information content (AvgIpc) is 2.89. The van der Waals surface area contributed by atoms with Gasteiger partial charge in [0, 0.05) is 23.9 Å². The number of fused-ring (bicyclic) bond motifs is 1.